The number of hydrogen-bond acceptors (Lipinski definition) is 8. The lowest BCUT2D eigenvalue weighted by Crippen LogP contribution is -2.60. The van der Waals surface area contributed by atoms with Gasteiger partial charge in [-0.1, -0.05) is 29.3 Å². The Bertz CT molecular complexity index is 2070. The zero-order chi connectivity index (χ0) is 36.9. The van der Waals surface area contributed by atoms with E-state index in [2.05, 4.69) is 4.98 Å². The second-order valence-electron chi connectivity index (χ2n) is 12.7. The van der Waals surface area contributed by atoms with Crippen LogP contribution < -0.4 is 14.6 Å². The number of amides is 4. The second kappa shape index (κ2) is 11.8. The molecule has 0 unspecified atom stereocenters. The number of imide groups is 2. The number of phenolic OH excluding ortho intramolecular Hbond substituents is 1. The van der Waals surface area contributed by atoms with Gasteiger partial charge in [-0.05, 0) is 67.3 Å². The van der Waals surface area contributed by atoms with Crippen molar-refractivity contribution in [2.45, 2.75) is 34.7 Å². The topological polar surface area (TPSA) is 120 Å². The van der Waals surface area contributed by atoms with E-state index in [0.717, 1.165) is 28.1 Å². The zero-order valence-electron chi connectivity index (χ0n) is 26.4. The molecule has 2 aliphatic carbocycles. The molecule has 1 saturated carbocycles. The maximum Gasteiger partial charge on any atom is 0.433 e. The third-order valence-corrected chi connectivity index (χ3v) is 11.9. The molecule has 2 aliphatic heterocycles. The number of nitrogens with zero attached hydrogens (tertiary/aromatic N) is 4. The summed E-state index contributed by atoms with van der Waals surface area (Å²) in [6.07, 6.45) is -3.79. The van der Waals surface area contributed by atoms with Crippen molar-refractivity contribution in [2.75, 3.05) is 24.1 Å². The number of hydrazine groups is 1. The standard InChI is InChI=1S/C34H25Cl3F4N4O6/c1-43(27-20(35)12-13-23(42-27)34(39,40)41)45-28(47)18-11-10-17-19(24(18)29(45)48)14-32(36)30(49)44(16-8-6-15(38)7-9-16)31(50)33(32,37)26(17)25-21(46)4-3-5-22(25)51-2/h3-10,12-13,18-19,24,26,46H,11,14H2,1-2H3/t18-,19+,24-,26+,32+,33-/m0/s1. The molecule has 10 nitrogen and oxygen atoms in total. The summed E-state index contributed by atoms with van der Waals surface area (Å²) in [7, 11) is 2.48. The molecule has 3 fully saturated rings. The van der Waals surface area contributed by atoms with Crippen molar-refractivity contribution in [1.82, 2.24) is 9.99 Å². The minimum absolute atomic E-state index is 0.0118. The van der Waals surface area contributed by atoms with Crippen molar-refractivity contribution >= 4 is 69.9 Å². The normalized spacial score (nSPS) is 28.8. The molecule has 1 aromatic heterocycles. The zero-order valence-corrected chi connectivity index (χ0v) is 28.7. The molecule has 2 aromatic carbocycles. The average molecular weight is 768 g/mol. The highest BCUT2D eigenvalue weighted by Crippen LogP contribution is 2.67. The van der Waals surface area contributed by atoms with Crippen LogP contribution in [0.15, 0.2) is 66.2 Å². The van der Waals surface area contributed by atoms with E-state index in [4.69, 9.17) is 39.5 Å². The number of hydrogen-bond donors (Lipinski definition) is 1. The van der Waals surface area contributed by atoms with Crippen LogP contribution in [0.25, 0.3) is 0 Å². The van der Waals surface area contributed by atoms with Gasteiger partial charge in [0, 0.05) is 18.5 Å². The van der Waals surface area contributed by atoms with Crippen LogP contribution >= 0.6 is 34.8 Å². The van der Waals surface area contributed by atoms with Crippen LogP contribution in [-0.4, -0.2) is 62.6 Å². The minimum Gasteiger partial charge on any atom is -0.508 e. The van der Waals surface area contributed by atoms with Gasteiger partial charge in [0.25, 0.3) is 23.6 Å². The maximum atomic E-state index is 14.5. The number of phenols is 1. The van der Waals surface area contributed by atoms with Crippen molar-refractivity contribution in [3.05, 3.63) is 88.3 Å². The fourth-order valence-electron chi connectivity index (χ4n) is 7.91. The van der Waals surface area contributed by atoms with E-state index in [9.17, 15) is 41.8 Å². The van der Waals surface area contributed by atoms with E-state index in [1.165, 1.54) is 44.5 Å². The van der Waals surface area contributed by atoms with Crippen LogP contribution in [0.5, 0.6) is 11.5 Å². The van der Waals surface area contributed by atoms with E-state index in [1.54, 1.807) is 6.08 Å². The van der Waals surface area contributed by atoms with Crippen molar-refractivity contribution in [1.29, 1.82) is 0 Å². The first-order valence-corrected chi connectivity index (χ1v) is 16.5. The van der Waals surface area contributed by atoms with Crippen molar-refractivity contribution in [2.24, 2.45) is 17.8 Å². The number of anilines is 2. The molecule has 266 valence electrons. The molecule has 3 aromatic rings. The molecule has 0 spiro atoms. The minimum atomic E-state index is -4.86. The van der Waals surface area contributed by atoms with Crippen molar-refractivity contribution < 1.29 is 46.6 Å². The Morgan fingerprint density at radius 2 is 1.67 bits per heavy atom. The largest absolute Gasteiger partial charge is 0.508 e. The van der Waals surface area contributed by atoms with Gasteiger partial charge in [0.15, 0.2) is 15.6 Å². The van der Waals surface area contributed by atoms with Gasteiger partial charge in [0.2, 0.25) is 0 Å². The number of aromatic nitrogens is 1. The Labute approximate surface area is 302 Å². The van der Waals surface area contributed by atoms with Crippen LogP contribution in [0.1, 0.15) is 30.0 Å². The lowest BCUT2D eigenvalue weighted by Gasteiger charge is -2.50. The molecular weight excluding hydrogens is 743 g/mol. The molecule has 1 N–H and O–H groups in total. The number of benzene rings is 2. The summed E-state index contributed by atoms with van der Waals surface area (Å²) in [5.41, 5.74) is -1.05. The van der Waals surface area contributed by atoms with Gasteiger partial charge < -0.3 is 9.84 Å². The summed E-state index contributed by atoms with van der Waals surface area (Å²) in [5, 5.41) is 12.5. The van der Waals surface area contributed by atoms with E-state index < -0.39 is 87.0 Å². The number of fused-ring (bicyclic) bond motifs is 4. The van der Waals surface area contributed by atoms with E-state index in [0.29, 0.717) is 16.6 Å². The quantitative estimate of drug-likeness (QED) is 0.141. The van der Waals surface area contributed by atoms with Crippen LogP contribution in [0.2, 0.25) is 5.02 Å². The first-order chi connectivity index (χ1) is 24.0. The number of carbonyl (C=O) groups excluding carboxylic acids is 4. The SMILES string of the molecule is COc1cccc(O)c1[C@H]1C2=CC[C@@H]3C(=O)N(N(C)c4nc(C(F)(F)F)ccc4Cl)C(=O)[C@@H]3[C@@H]2C[C@@]2(Cl)C(=O)N(c3ccc(F)cc3)C(=O)[C@@]12Cl. The van der Waals surface area contributed by atoms with Gasteiger partial charge in [0.05, 0.1) is 29.7 Å². The molecule has 17 heteroatoms. The summed E-state index contributed by atoms with van der Waals surface area (Å²) in [6.45, 7) is 0. The average Bonchev–Trinajstić information content (AvgIpc) is 3.42. The van der Waals surface area contributed by atoms with Gasteiger partial charge in [-0.3, -0.25) is 24.2 Å². The molecule has 7 rings (SSSR count). The molecule has 51 heavy (non-hydrogen) atoms. The second-order valence-corrected chi connectivity index (χ2v) is 14.3. The lowest BCUT2D eigenvalue weighted by molar-refractivity contribution is -0.141. The number of carbonyl (C=O) groups is 4. The number of alkyl halides is 5. The Morgan fingerprint density at radius 3 is 2.31 bits per heavy atom. The highest BCUT2D eigenvalue weighted by Gasteiger charge is 2.77. The van der Waals surface area contributed by atoms with Crippen LogP contribution in [0, 0.1) is 23.6 Å². The molecule has 6 atom stereocenters. The van der Waals surface area contributed by atoms with Gasteiger partial charge in [-0.25, -0.2) is 14.3 Å². The van der Waals surface area contributed by atoms with Gasteiger partial charge in [-0.2, -0.15) is 18.2 Å². The summed E-state index contributed by atoms with van der Waals surface area (Å²) >= 11 is 20.9. The van der Waals surface area contributed by atoms with Crippen molar-refractivity contribution in [3.8, 4) is 11.5 Å². The molecule has 4 aliphatic rings. The lowest BCUT2D eigenvalue weighted by atomic mass is 9.56. The maximum absolute atomic E-state index is 14.5. The number of pyridine rings is 1. The predicted octanol–water partition coefficient (Wildman–Crippen LogP) is 6.22. The number of aromatic hydroxyl groups is 1. The van der Waals surface area contributed by atoms with Crippen LogP contribution in [0.3, 0.4) is 0 Å². The highest BCUT2D eigenvalue weighted by molar-refractivity contribution is 6.58. The first-order valence-electron chi connectivity index (χ1n) is 15.4. The predicted molar refractivity (Wildman–Crippen MR) is 176 cm³/mol. The van der Waals surface area contributed by atoms with Crippen molar-refractivity contribution in [3.63, 3.8) is 0 Å². The van der Waals surface area contributed by atoms with E-state index >= 15 is 0 Å². The Kier molecular flexibility index (Phi) is 8.12. The first kappa shape index (κ1) is 35.0. The summed E-state index contributed by atoms with van der Waals surface area (Å²) in [4.78, 5) is 56.9. The number of allylic oxidation sites excluding steroid dienone is 2. The monoisotopic (exact) mass is 766 g/mol. The summed E-state index contributed by atoms with van der Waals surface area (Å²) in [5.74, 6) is -9.84. The van der Waals surface area contributed by atoms with Crippen LogP contribution in [-0.2, 0) is 25.4 Å². The Balaban J connectivity index is 1.37. The smallest absolute Gasteiger partial charge is 0.433 e. The molecule has 4 amide bonds. The fraction of sp³-hybridized carbons (Fsp3) is 0.324. The Hall–Kier alpha value is -4.40. The Morgan fingerprint density at radius 1 is 0.980 bits per heavy atom. The molecule has 2 saturated heterocycles. The fourth-order valence-corrected chi connectivity index (χ4v) is 9.05. The number of halogens is 7. The number of ether oxygens (including phenoxy) is 1. The highest BCUT2D eigenvalue weighted by atomic mass is 35.5. The molecular formula is C34H25Cl3F4N4O6. The van der Waals surface area contributed by atoms with E-state index in [-0.39, 0.29) is 34.2 Å². The van der Waals surface area contributed by atoms with Crippen LogP contribution in [0.4, 0.5) is 29.1 Å². The van der Waals surface area contributed by atoms with Gasteiger partial charge >= 0.3 is 6.18 Å². The van der Waals surface area contributed by atoms with Gasteiger partial charge in [-0.15, -0.1) is 23.2 Å². The third-order valence-electron chi connectivity index (χ3n) is 10.1. The number of methoxy groups -OCH3 is 1. The van der Waals surface area contributed by atoms with Gasteiger partial charge in [0.1, 0.15) is 23.0 Å². The van der Waals surface area contributed by atoms with E-state index in [1.807, 2.05) is 0 Å². The number of rotatable bonds is 5. The molecule has 0 bridgehead atoms. The third kappa shape index (κ3) is 4.86. The summed E-state index contributed by atoms with van der Waals surface area (Å²) < 4.78 is 60.2. The molecule has 3 heterocycles. The molecule has 0 radical (unpaired) electrons. The summed E-state index contributed by atoms with van der Waals surface area (Å²) in [6, 6.07) is 10.4.